The number of ether oxygens (including phenoxy) is 1. The number of nitrogens with one attached hydrogen (secondary N) is 1. The first-order chi connectivity index (χ1) is 16.1. The van der Waals surface area contributed by atoms with E-state index in [1.807, 2.05) is 12.4 Å². The lowest BCUT2D eigenvalue weighted by atomic mass is 9.85. The Morgan fingerprint density at radius 1 is 1.06 bits per heavy atom. The van der Waals surface area contributed by atoms with Gasteiger partial charge < -0.3 is 15.2 Å². The van der Waals surface area contributed by atoms with Crippen molar-refractivity contribution in [3.05, 3.63) is 41.3 Å². The maximum absolute atomic E-state index is 10.2. The number of aliphatic hydroxyl groups is 1. The molecule has 174 valence electrons. The maximum Gasteiger partial charge on any atom is 0.227 e. The second-order valence-electron chi connectivity index (χ2n) is 9.89. The number of anilines is 2. The smallest absolute Gasteiger partial charge is 0.227 e. The van der Waals surface area contributed by atoms with E-state index < -0.39 is 0 Å². The van der Waals surface area contributed by atoms with E-state index in [1.165, 1.54) is 24.0 Å². The SMILES string of the molecule is Cc1cc2cnc(Nc3cnn(C4CC4)c3C)nc2cc1C1CCN(C2COCC2O)CC1. The van der Waals surface area contributed by atoms with Gasteiger partial charge in [0.2, 0.25) is 5.95 Å². The van der Waals surface area contributed by atoms with E-state index in [-0.39, 0.29) is 12.1 Å². The second kappa shape index (κ2) is 8.34. The number of piperidine rings is 1. The minimum atomic E-state index is -0.355. The zero-order chi connectivity index (χ0) is 22.5. The highest BCUT2D eigenvalue weighted by Gasteiger charge is 2.34. The van der Waals surface area contributed by atoms with Crippen LogP contribution in [-0.2, 0) is 4.74 Å². The first-order valence-electron chi connectivity index (χ1n) is 12.1. The summed E-state index contributed by atoms with van der Waals surface area (Å²) in [6.45, 7) is 7.39. The Morgan fingerprint density at radius 2 is 1.88 bits per heavy atom. The highest BCUT2D eigenvalue weighted by molar-refractivity contribution is 5.81. The number of nitrogens with zero attached hydrogens (tertiary/aromatic N) is 5. The Hall–Kier alpha value is -2.55. The summed E-state index contributed by atoms with van der Waals surface area (Å²) in [7, 11) is 0. The number of benzene rings is 1. The lowest BCUT2D eigenvalue weighted by Crippen LogP contribution is -2.46. The van der Waals surface area contributed by atoms with E-state index in [1.54, 1.807) is 0 Å². The van der Waals surface area contributed by atoms with Gasteiger partial charge in [-0.05, 0) is 81.8 Å². The summed E-state index contributed by atoms with van der Waals surface area (Å²) in [4.78, 5) is 11.8. The molecule has 2 aliphatic heterocycles. The van der Waals surface area contributed by atoms with Gasteiger partial charge in [0.15, 0.2) is 0 Å². The van der Waals surface area contributed by atoms with Crippen LogP contribution < -0.4 is 5.32 Å². The van der Waals surface area contributed by atoms with Crippen LogP contribution in [0.5, 0.6) is 0 Å². The highest BCUT2D eigenvalue weighted by atomic mass is 16.5. The zero-order valence-corrected chi connectivity index (χ0v) is 19.4. The standard InChI is InChI=1S/C25H32N6O2/c1-15-9-18-11-26-25(29-22-12-27-31(16(22)2)19-3-4-19)28-21(18)10-20(15)17-5-7-30(8-6-17)23-13-33-14-24(23)32/h9-12,17,19,23-24,32H,3-8,13-14H2,1-2H3,(H,26,28,29). The molecule has 2 unspecified atom stereocenters. The fourth-order valence-electron chi connectivity index (χ4n) is 5.49. The molecule has 3 aliphatic rings. The van der Waals surface area contributed by atoms with Crippen LogP contribution in [-0.4, -0.2) is 68.2 Å². The fraction of sp³-hybridized carbons (Fsp3) is 0.560. The number of aliphatic hydroxyl groups excluding tert-OH is 1. The molecule has 8 nitrogen and oxygen atoms in total. The monoisotopic (exact) mass is 448 g/mol. The van der Waals surface area contributed by atoms with E-state index in [4.69, 9.17) is 9.72 Å². The molecule has 0 radical (unpaired) electrons. The van der Waals surface area contributed by atoms with Gasteiger partial charge in [0.1, 0.15) is 0 Å². The van der Waals surface area contributed by atoms with Crippen molar-refractivity contribution in [2.24, 2.45) is 0 Å². The molecule has 8 heteroatoms. The van der Waals surface area contributed by atoms with Gasteiger partial charge in [0, 0.05) is 11.6 Å². The number of hydrogen-bond donors (Lipinski definition) is 2. The molecule has 2 saturated heterocycles. The molecular formula is C25H32N6O2. The minimum Gasteiger partial charge on any atom is -0.389 e. The predicted octanol–water partition coefficient (Wildman–Crippen LogP) is 3.46. The summed E-state index contributed by atoms with van der Waals surface area (Å²) < 4.78 is 7.57. The van der Waals surface area contributed by atoms with Crippen molar-refractivity contribution in [3.63, 3.8) is 0 Å². The number of aryl methyl sites for hydroxylation is 1. The largest absolute Gasteiger partial charge is 0.389 e. The molecule has 1 aromatic carbocycles. The van der Waals surface area contributed by atoms with Gasteiger partial charge in [-0.2, -0.15) is 5.10 Å². The summed E-state index contributed by atoms with van der Waals surface area (Å²) in [6.07, 6.45) is 8.03. The van der Waals surface area contributed by atoms with Crippen molar-refractivity contribution in [1.29, 1.82) is 0 Å². The molecular weight excluding hydrogens is 416 g/mol. The Labute approximate surface area is 194 Å². The Kier molecular flexibility index (Phi) is 5.31. The molecule has 0 amide bonds. The van der Waals surface area contributed by atoms with Gasteiger partial charge in [-0.15, -0.1) is 0 Å². The third-order valence-corrected chi connectivity index (χ3v) is 7.61. The lowest BCUT2D eigenvalue weighted by molar-refractivity contribution is 0.0663. The third-order valence-electron chi connectivity index (χ3n) is 7.61. The predicted molar refractivity (Wildman–Crippen MR) is 127 cm³/mol. The van der Waals surface area contributed by atoms with Crippen molar-refractivity contribution < 1.29 is 9.84 Å². The molecule has 2 aromatic heterocycles. The number of aromatic nitrogens is 4. The first kappa shape index (κ1) is 21.0. The number of rotatable bonds is 5. The number of likely N-dealkylation sites (tertiary alicyclic amines) is 1. The molecule has 2 N–H and O–H groups in total. The van der Waals surface area contributed by atoms with Crippen molar-refractivity contribution in [2.45, 2.75) is 63.6 Å². The zero-order valence-electron chi connectivity index (χ0n) is 19.4. The van der Waals surface area contributed by atoms with E-state index in [2.05, 4.69) is 51.0 Å². The molecule has 4 heterocycles. The highest BCUT2D eigenvalue weighted by Crippen LogP contribution is 2.37. The van der Waals surface area contributed by atoms with Crippen LogP contribution in [0, 0.1) is 13.8 Å². The van der Waals surface area contributed by atoms with Crippen LogP contribution in [0.2, 0.25) is 0 Å². The molecule has 0 spiro atoms. The van der Waals surface area contributed by atoms with Gasteiger partial charge in [-0.3, -0.25) is 9.58 Å². The lowest BCUT2D eigenvalue weighted by Gasteiger charge is -2.37. The average molecular weight is 449 g/mol. The summed E-state index contributed by atoms with van der Waals surface area (Å²) in [5.41, 5.74) is 5.76. The molecule has 33 heavy (non-hydrogen) atoms. The summed E-state index contributed by atoms with van der Waals surface area (Å²) in [5, 5.41) is 19.1. The number of hydrogen-bond acceptors (Lipinski definition) is 7. The summed E-state index contributed by atoms with van der Waals surface area (Å²) >= 11 is 0. The van der Waals surface area contributed by atoms with Gasteiger partial charge in [0.05, 0.1) is 54.5 Å². The topological polar surface area (TPSA) is 88.3 Å². The van der Waals surface area contributed by atoms with Crippen LogP contribution in [0.1, 0.15) is 54.5 Å². The van der Waals surface area contributed by atoms with Gasteiger partial charge >= 0.3 is 0 Å². The van der Waals surface area contributed by atoms with Crippen molar-refractivity contribution >= 4 is 22.5 Å². The van der Waals surface area contributed by atoms with E-state index in [0.29, 0.717) is 31.1 Å². The Morgan fingerprint density at radius 3 is 2.61 bits per heavy atom. The molecule has 1 saturated carbocycles. The molecule has 3 fully saturated rings. The summed E-state index contributed by atoms with van der Waals surface area (Å²) in [5.74, 6) is 1.12. The van der Waals surface area contributed by atoms with Crippen molar-refractivity contribution in [2.75, 3.05) is 31.6 Å². The quantitative estimate of drug-likeness (QED) is 0.618. The summed E-state index contributed by atoms with van der Waals surface area (Å²) in [6, 6.07) is 5.18. The van der Waals surface area contributed by atoms with Gasteiger partial charge in [-0.1, -0.05) is 0 Å². The molecule has 3 aromatic rings. The maximum atomic E-state index is 10.2. The number of fused-ring (bicyclic) bond motifs is 1. The van der Waals surface area contributed by atoms with E-state index in [9.17, 15) is 5.11 Å². The average Bonchev–Trinajstić information content (AvgIpc) is 3.47. The van der Waals surface area contributed by atoms with Gasteiger partial charge in [-0.25, -0.2) is 9.97 Å². The second-order valence-corrected chi connectivity index (χ2v) is 9.89. The van der Waals surface area contributed by atoms with Crippen molar-refractivity contribution in [3.8, 4) is 0 Å². The third kappa shape index (κ3) is 4.00. The molecule has 0 bridgehead atoms. The van der Waals surface area contributed by atoms with Gasteiger partial charge in [0.25, 0.3) is 0 Å². The fourth-order valence-corrected chi connectivity index (χ4v) is 5.49. The first-order valence-corrected chi connectivity index (χ1v) is 12.1. The van der Waals surface area contributed by atoms with Crippen molar-refractivity contribution in [1.82, 2.24) is 24.6 Å². The van der Waals surface area contributed by atoms with E-state index in [0.717, 1.165) is 48.2 Å². The van der Waals surface area contributed by atoms with Crippen LogP contribution in [0.3, 0.4) is 0 Å². The van der Waals surface area contributed by atoms with Crippen LogP contribution in [0.15, 0.2) is 24.5 Å². The minimum absolute atomic E-state index is 0.151. The molecule has 6 rings (SSSR count). The molecule has 2 atom stereocenters. The Bertz CT molecular complexity index is 1170. The van der Waals surface area contributed by atoms with E-state index >= 15 is 0 Å². The van der Waals surface area contributed by atoms with Crippen LogP contribution in [0.4, 0.5) is 11.6 Å². The Balaban J connectivity index is 1.20. The van der Waals surface area contributed by atoms with Crippen LogP contribution >= 0.6 is 0 Å². The molecule has 1 aliphatic carbocycles. The van der Waals surface area contributed by atoms with Crippen LogP contribution in [0.25, 0.3) is 10.9 Å². The normalized spacial score (nSPS) is 24.6.